The van der Waals surface area contributed by atoms with Crippen LogP contribution in [0, 0.1) is 0 Å². The van der Waals surface area contributed by atoms with Crippen molar-refractivity contribution >= 4 is 45.7 Å². The van der Waals surface area contributed by atoms with Gasteiger partial charge in [0.1, 0.15) is 12.6 Å². The zero-order valence-electron chi connectivity index (χ0n) is 22.3. The zero-order valence-corrected chi connectivity index (χ0v) is 23.0. The molecule has 0 fully saturated rings. The van der Waals surface area contributed by atoms with Crippen molar-refractivity contribution < 1.29 is 9.59 Å². The van der Waals surface area contributed by atoms with Gasteiger partial charge >= 0.3 is 6.03 Å². The predicted molar refractivity (Wildman–Crippen MR) is 161 cm³/mol. The Labute approximate surface area is 238 Å². The number of hydrogen-bond donors (Lipinski definition) is 1. The van der Waals surface area contributed by atoms with E-state index >= 15 is 0 Å². The van der Waals surface area contributed by atoms with Gasteiger partial charge in [0, 0.05) is 22.6 Å². The predicted octanol–water partition coefficient (Wildman–Crippen LogP) is 7.66. The first kappa shape index (κ1) is 25.7. The maximum Gasteiger partial charge on any atom is 0.322 e. The number of carbonyl (C=O) groups excluding carboxylic acids is 2. The van der Waals surface area contributed by atoms with Gasteiger partial charge in [-0.1, -0.05) is 72.3 Å². The van der Waals surface area contributed by atoms with Crippen LogP contribution in [-0.4, -0.2) is 34.0 Å². The van der Waals surface area contributed by atoms with Crippen molar-refractivity contribution in [2.75, 3.05) is 16.8 Å². The summed E-state index contributed by atoms with van der Waals surface area (Å²) in [6.07, 6.45) is 2.01. The maximum absolute atomic E-state index is 14.3. The fourth-order valence-corrected chi connectivity index (χ4v) is 5.69. The molecule has 1 atom stereocenters. The Morgan fingerprint density at radius 2 is 1.60 bits per heavy atom. The molecule has 0 bridgehead atoms. The third-order valence-electron chi connectivity index (χ3n) is 7.37. The van der Waals surface area contributed by atoms with E-state index in [9.17, 15) is 9.59 Å². The van der Waals surface area contributed by atoms with Crippen LogP contribution in [0.5, 0.6) is 0 Å². The second-order valence-corrected chi connectivity index (χ2v) is 10.6. The molecule has 1 aliphatic heterocycles. The summed E-state index contributed by atoms with van der Waals surface area (Å²) in [5.74, 6) is -0.188. The van der Waals surface area contributed by atoms with Gasteiger partial charge in [-0.2, -0.15) is 0 Å². The van der Waals surface area contributed by atoms with E-state index in [1.54, 1.807) is 9.80 Å². The van der Waals surface area contributed by atoms with E-state index in [1.807, 2.05) is 123 Å². The highest BCUT2D eigenvalue weighted by molar-refractivity contribution is 6.30. The summed E-state index contributed by atoms with van der Waals surface area (Å²) in [6.45, 7) is 3.74. The number of rotatable bonds is 5. The molecule has 1 N–H and O–H groups in total. The molecule has 3 amide bonds. The quantitative estimate of drug-likeness (QED) is 0.245. The summed E-state index contributed by atoms with van der Waals surface area (Å²) >= 11 is 6.41. The number of aromatic nitrogens is 1. The number of nitrogens with zero attached hydrogens (tertiary/aromatic N) is 3. The lowest BCUT2D eigenvalue weighted by atomic mass is 9.97. The number of halogens is 1. The molecule has 0 radical (unpaired) electrons. The highest BCUT2D eigenvalue weighted by Gasteiger charge is 2.37. The Kier molecular flexibility index (Phi) is 6.78. The maximum atomic E-state index is 14.3. The average Bonchev–Trinajstić information content (AvgIpc) is 3.45. The van der Waals surface area contributed by atoms with Crippen molar-refractivity contribution in [1.82, 2.24) is 9.47 Å². The molecule has 4 aromatic carbocycles. The molecule has 2 heterocycles. The van der Waals surface area contributed by atoms with Crippen molar-refractivity contribution in [3.8, 4) is 5.69 Å². The summed E-state index contributed by atoms with van der Waals surface area (Å²) < 4.78 is 2.11. The smallest absolute Gasteiger partial charge is 0.316 e. The number of fused-ring (bicyclic) bond motifs is 4. The van der Waals surface area contributed by atoms with E-state index in [-0.39, 0.29) is 24.5 Å². The van der Waals surface area contributed by atoms with Gasteiger partial charge in [0.05, 0.1) is 22.8 Å². The van der Waals surface area contributed by atoms with Crippen molar-refractivity contribution in [1.29, 1.82) is 0 Å². The standard InChI is InChI=1S/C33H29ClN4O2/c1-22(2)37(33(40)35-27-15-8-11-23-10-3-4-14-26(23)27)21-31(39)38-29-17-6-5-16-28(29)36-19-9-18-30(36)32(38)24-12-7-13-25(34)20-24/h3-20,22,32H,21H2,1-2H3,(H,35,40)/t32-/m0/s1. The lowest BCUT2D eigenvalue weighted by Gasteiger charge is -2.40. The summed E-state index contributed by atoms with van der Waals surface area (Å²) in [5.41, 5.74) is 4.24. The fourth-order valence-electron chi connectivity index (χ4n) is 5.49. The van der Waals surface area contributed by atoms with E-state index in [0.29, 0.717) is 10.7 Å². The summed E-state index contributed by atoms with van der Waals surface area (Å²) in [7, 11) is 0. The SMILES string of the molecule is CC(C)N(CC(=O)N1c2ccccc2-n2cccc2[C@@H]1c1cccc(Cl)c1)C(=O)Nc1cccc2ccccc12. The first-order valence-corrected chi connectivity index (χ1v) is 13.7. The Hall–Kier alpha value is -4.55. The minimum absolute atomic E-state index is 0.0969. The molecule has 5 aromatic rings. The number of anilines is 2. The Balaban J connectivity index is 1.36. The van der Waals surface area contributed by atoms with Gasteiger partial charge in [0.2, 0.25) is 5.91 Å². The van der Waals surface area contributed by atoms with E-state index in [0.717, 1.165) is 33.4 Å². The monoisotopic (exact) mass is 548 g/mol. The molecule has 6 rings (SSSR count). The van der Waals surface area contributed by atoms with Crippen LogP contribution >= 0.6 is 11.6 Å². The molecule has 200 valence electrons. The second kappa shape index (κ2) is 10.5. The molecule has 6 nitrogen and oxygen atoms in total. The largest absolute Gasteiger partial charge is 0.322 e. The molecule has 7 heteroatoms. The topological polar surface area (TPSA) is 57.6 Å². The number of urea groups is 1. The highest BCUT2D eigenvalue weighted by Crippen LogP contribution is 2.42. The van der Waals surface area contributed by atoms with Crippen LogP contribution in [-0.2, 0) is 4.79 Å². The van der Waals surface area contributed by atoms with Crippen molar-refractivity contribution in [3.63, 3.8) is 0 Å². The van der Waals surface area contributed by atoms with Crippen LogP contribution in [0.4, 0.5) is 16.2 Å². The van der Waals surface area contributed by atoms with Gasteiger partial charge in [-0.3, -0.25) is 9.69 Å². The molecule has 0 saturated carbocycles. The van der Waals surface area contributed by atoms with E-state index < -0.39 is 6.04 Å². The van der Waals surface area contributed by atoms with Gasteiger partial charge in [-0.25, -0.2) is 4.79 Å². The van der Waals surface area contributed by atoms with Crippen LogP contribution < -0.4 is 10.2 Å². The molecular weight excluding hydrogens is 520 g/mol. The van der Waals surface area contributed by atoms with Crippen molar-refractivity contribution in [2.24, 2.45) is 0 Å². The molecule has 40 heavy (non-hydrogen) atoms. The van der Waals surface area contributed by atoms with Gasteiger partial charge < -0.3 is 14.8 Å². The molecule has 1 aromatic heterocycles. The minimum atomic E-state index is -0.411. The number of amides is 3. The number of benzene rings is 4. The van der Waals surface area contributed by atoms with Crippen LogP contribution in [0.1, 0.15) is 31.1 Å². The molecule has 0 spiro atoms. The molecule has 1 aliphatic rings. The molecule has 0 unspecified atom stereocenters. The Morgan fingerprint density at radius 1 is 0.875 bits per heavy atom. The van der Waals surface area contributed by atoms with Crippen LogP contribution in [0.2, 0.25) is 5.02 Å². The van der Waals surface area contributed by atoms with Crippen LogP contribution in [0.3, 0.4) is 0 Å². The first-order chi connectivity index (χ1) is 19.4. The Bertz CT molecular complexity index is 1720. The number of para-hydroxylation sites is 2. The van der Waals surface area contributed by atoms with Crippen molar-refractivity contribution in [2.45, 2.75) is 25.9 Å². The van der Waals surface area contributed by atoms with Gasteiger partial charge in [-0.15, -0.1) is 0 Å². The first-order valence-electron chi connectivity index (χ1n) is 13.3. The zero-order chi connectivity index (χ0) is 27.8. The Morgan fingerprint density at radius 3 is 2.40 bits per heavy atom. The molecule has 0 aliphatic carbocycles. The normalized spacial score (nSPS) is 14.1. The summed E-state index contributed by atoms with van der Waals surface area (Å²) in [4.78, 5) is 31.3. The minimum Gasteiger partial charge on any atom is -0.316 e. The molecule has 0 saturated heterocycles. The summed E-state index contributed by atoms with van der Waals surface area (Å²) in [6, 6.07) is 32.2. The third kappa shape index (κ3) is 4.61. The van der Waals surface area contributed by atoms with Gasteiger partial charge in [0.15, 0.2) is 0 Å². The van der Waals surface area contributed by atoms with Gasteiger partial charge in [-0.05, 0) is 67.3 Å². The highest BCUT2D eigenvalue weighted by atomic mass is 35.5. The van der Waals surface area contributed by atoms with E-state index in [4.69, 9.17) is 11.6 Å². The number of nitrogens with one attached hydrogen (secondary N) is 1. The second-order valence-electron chi connectivity index (χ2n) is 10.2. The number of hydrogen-bond acceptors (Lipinski definition) is 2. The fraction of sp³-hybridized carbons (Fsp3) is 0.152. The van der Waals surface area contributed by atoms with Crippen molar-refractivity contribution in [3.05, 3.63) is 126 Å². The van der Waals surface area contributed by atoms with E-state index in [1.165, 1.54) is 0 Å². The summed E-state index contributed by atoms with van der Waals surface area (Å²) in [5, 5.41) is 5.62. The van der Waals surface area contributed by atoms with Crippen LogP contribution in [0.25, 0.3) is 16.5 Å². The number of carbonyl (C=O) groups is 2. The molecular formula is C33H29ClN4O2. The average molecular weight is 549 g/mol. The lowest BCUT2D eigenvalue weighted by Crippen LogP contribution is -2.49. The van der Waals surface area contributed by atoms with Gasteiger partial charge in [0.25, 0.3) is 0 Å². The lowest BCUT2D eigenvalue weighted by molar-refractivity contribution is -0.119. The third-order valence-corrected chi connectivity index (χ3v) is 7.61. The van der Waals surface area contributed by atoms with E-state index in [2.05, 4.69) is 9.88 Å². The van der Waals surface area contributed by atoms with Crippen LogP contribution in [0.15, 0.2) is 109 Å².